The smallest absolute Gasteiger partial charge is 0.336 e. The molecule has 17 heavy (non-hydrogen) atoms. The quantitative estimate of drug-likeness (QED) is 0.773. The van der Waals surface area contributed by atoms with Gasteiger partial charge < -0.3 is 10.8 Å². The first-order valence-electron chi connectivity index (χ1n) is 4.93. The number of carboxylic acid groups (broad SMARTS) is 1. The van der Waals surface area contributed by atoms with Crippen LogP contribution in [0.1, 0.15) is 18.1 Å². The van der Waals surface area contributed by atoms with Gasteiger partial charge >= 0.3 is 5.97 Å². The van der Waals surface area contributed by atoms with Crippen molar-refractivity contribution in [3.8, 4) is 0 Å². The summed E-state index contributed by atoms with van der Waals surface area (Å²) in [5.74, 6) is -1.99. The molecule has 0 aliphatic carbocycles. The second kappa shape index (κ2) is 5.12. The normalized spacial score (nSPS) is 11.0. The maximum absolute atomic E-state index is 11.1. The van der Waals surface area contributed by atoms with Crippen LogP contribution < -0.4 is 5.73 Å². The predicted molar refractivity (Wildman–Crippen MR) is 66.0 cm³/mol. The van der Waals surface area contributed by atoms with Crippen LogP contribution >= 0.6 is 0 Å². The molecule has 0 aliphatic rings. The van der Waals surface area contributed by atoms with E-state index in [9.17, 15) is 9.59 Å². The molecule has 4 nitrogen and oxygen atoms in total. The second-order valence-corrected chi connectivity index (χ2v) is 3.59. The maximum atomic E-state index is 11.1. The van der Waals surface area contributed by atoms with E-state index >= 15 is 0 Å². The first-order chi connectivity index (χ1) is 7.93. The Morgan fingerprint density at radius 2 is 1.82 bits per heavy atom. The Morgan fingerprint density at radius 1 is 1.29 bits per heavy atom. The fourth-order valence-corrected chi connectivity index (χ4v) is 1.49. The lowest BCUT2D eigenvalue weighted by Crippen LogP contribution is -2.11. The molecular weight excluding hydrogens is 218 g/mol. The highest BCUT2D eigenvalue weighted by molar-refractivity contribution is 6.21. The fraction of sp³-hybridized carbons (Fsp3) is 0.0769. The van der Waals surface area contributed by atoms with Crippen molar-refractivity contribution in [2.45, 2.75) is 6.92 Å². The average Bonchev–Trinajstić information content (AvgIpc) is 2.25. The summed E-state index contributed by atoms with van der Waals surface area (Å²) < 4.78 is 0. The molecule has 88 valence electrons. The SMILES string of the molecule is C=C(C)c1ccccc1/C(=C/C(N)=O)C(=O)O. The monoisotopic (exact) mass is 231 g/mol. The number of allylic oxidation sites excluding steroid dienone is 1. The van der Waals surface area contributed by atoms with E-state index in [0.717, 1.165) is 11.6 Å². The molecule has 0 spiro atoms. The molecule has 0 unspecified atom stereocenters. The van der Waals surface area contributed by atoms with Crippen LogP contribution in [0.4, 0.5) is 0 Å². The minimum atomic E-state index is -1.20. The Hall–Kier alpha value is -2.36. The molecule has 0 radical (unpaired) electrons. The summed E-state index contributed by atoms with van der Waals surface area (Å²) in [6.45, 7) is 5.54. The van der Waals surface area contributed by atoms with Crippen molar-refractivity contribution in [1.82, 2.24) is 0 Å². The third-order valence-corrected chi connectivity index (χ3v) is 2.19. The van der Waals surface area contributed by atoms with Crippen LogP contribution in [0.5, 0.6) is 0 Å². The Labute approximate surface area is 99.1 Å². The number of rotatable bonds is 4. The van der Waals surface area contributed by atoms with Gasteiger partial charge in [0.15, 0.2) is 0 Å². The number of hydrogen-bond donors (Lipinski definition) is 2. The zero-order chi connectivity index (χ0) is 13.0. The fourth-order valence-electron chi connectivity index (χ4n) is 1.49. The molecule has 0 saturated heterocycles. The predicted octanol–water partition coefficient (Wildman–Crippen LogP) is 1.67. The van der Waals surface area contributed by atoms with Gasteiger partial charge in [-0.2, -0.15) is 0 Å². The van der Waals surface area contributed by atoms with Gasteiger partial charge in [0.25, 0.3) is 0 Å². The third kappa shape index (κ3) is 3.04. The van der Waals surface area contributed by atoms with Gasteiger partial charge in [-0.25, -0.2) is 4.79 Å². The molecule has 0 atom stereocenters. The Kier molecular flexibility index (Phi) is 3.82. The molecule has 0 bridgehead atoms. The number of nitrogens with two attached hydrogens (primary N) is 1. The highest BCUT2D eigenvalue weighted by atomic mass is 16.4. The summed E-state index contributed by atoms with van der Waals surface area (Å²) in [4.78, 5) is 21.9. The van der Waals surface area contributed by atoms with Crippen LogP contribution in [0.2, 0.25) is 0 Å². The summed E-state index contributed by atoms with van der Waals surface area (Å²) in [5, 5.41) is 9.08. The van der Waals surface area contributed by atoms with Crippen LogP contribution in [0, 0.1) is 0 Å². The highest BCUT2D eigenvalue weighted by Gasteiger charge is 2.15. The summed E-state index contributed by atoms with van der Waals surface area (Å²) in [7, 11) is 0. The van der Waals surface area contributed by atoms with E-state index in [1.54, 1.807) is 31.2 Å². The molecule has 0 heterocycles. The number of carboxylic acids is 1. The molecule has 3 N–H and O–H groups in total. The van der Waals surface area contributed by atoms with Crippen LogP contribution in [0.15, 0.2) is 36.9 Å². The van der Waals surface area contributed by atoms with Crippen molar-refractivity contribution in [3.05, 3.63) is 48.0 Å². The molecular formula is C13H13NO3. The van der Waals surface area contributed by atoms with Gasteiger partial charge in [0, 0.05) is 6.08 Å². The van der Waals surface area contributed by atoms with Gasteiger partial charge in [-0.05, 0) is 18.1 Å². The zero-order valence-corrected chi connectivity index (χ0v) is 9.43. The first kappa shape index (κ1) is 12.7. The average molecular weight is 231 g/mol. The van der Waals surface area contributed by atoms with E-state index in [1.807, 2.05) is 0 Å². The van der Waals surface area contributed by atoms with Crippen molar-refractivity contribution in [2.75, 3.05) is 0 Å². The Bertz CT molecular complexity index is 515. The minimum Gasteiger partial charge on any atom is -0.478 e. The number of primary amides is 1. The van der Waals surface area contributed by atoms with Gasteiger partial charge in [0.1, 0.15) is 0 Å². The van der Waals surface area contributed by atoms with Crippen molar-refractivity contribution < 1.29 is 14.7 Å². The van der Waals surface area contributed by atoms with Gasteiger partial charge in [-0.1, -0.05) is 36.4 Å². The van der Waals surface area contributed by atoms with Crippen LogP contribution in [0.3, 0.4) is 0 Å². The first-order valence-corrected chi connectivity index (χ1v) is 4.93. The topological polar surface area (TPSA) is 80.4 Å². The molecule has 1 rings (SSSR count). The molecule has 4 heteroatoms. The van der Waals surface area contributed by atoms with Crippen molar-refractivity contribution in [1.29, 1.82) is 0 Å². The van der Waals surface area contributed by atoms with Crippen LogP contribution in [0.25, 0.3) is 11.1 Å². The largest absolute Gasteiger partial charge is 0.478 e. The van der Waals surface area contributed by atoms with Crippen molar-refractivity contribution in [3.63, 3.8) is 0 Å². The van der Waals surface area contributed by atoms with Crippen molar-refractivity contribution in [2.24, 2.45) is 5.73 Å². The lowest BCUT2D eigenvalue weighted by atomic mass is 9.95. The lowest BCUT2D eigenvalue weighted by molar-refractivity contribution is -0.130. The van der Waals surface area contributed by atoms with Crippen molar-refractivity contribution >= 4 is 23.0 Å². The molecule has 1 aromatic carbocycles. The van der Waals surface area contributed by atoms with Crippen LogP contribution in [-0.4, -0.2) is 17.0 Å². The number of amides is 1. The number of benzene rings is 1. The second-order valence-electron chi connectivity index (χ2n) is 3.59. The summed E-state index contributed by atoms with van der Waals surface area (Å²) in [5.41, 5.74) is 6.70. The third-order valence-electron chi connectivity index (χ3n) is 2.19. The van der Waals surface area contributed by atoms with E-state index in [0.29, 0.717) is 11.1 Å². The van der Waals surface area contributed by atoms with Gasteiger partial charge in [0.2, 0.25) is 5.91 Å². The number of aliphatic carboxylic acids is 1. The standard InChI is InChI=1S/C13H13NO3/c1-8(2)9-5-3-4-6-10(9)11(13(16)17)7-12(14)15/h3-7H,1H2,2H3,(H2,14,15)(H,16,17)/b11-7-. The van der Waals surface area contributed by atoms with Gasteiger partial charge in [-0.3, -0.25) is 4.79 Å². The number of carbonyl (C=O) groups excluding carboxylic acids is 1. The van der Waals surface area contributed by atoms with Gasteiger partial charge in [-0.15, -0.1) is 0 Å². The van der Waals surface area contributed by atoms with E-state index in [4.69, 9.17) is 10.8 Å². The van der Waals surface area contributed by atoms with E-state index < -0.39 is 11.9 Å². The van der Waals surface area contributed by atoms with E-state index in [1.165, 1.54) is 0 Å². The molecule has 1 aromatic rings. The van der Waals surface area contributed by atoms with Crippen LogP contribution in [-0.2, 0) is 9.59 Å². The highest BCUT2D eigenvalue weighted by Crippen LogP contribution is 2.24. The molecule has 0 fully saturated rings. The number of hydrogen-bond acceptors (Lipinski definition) is 2. The summed E-state index contributed by atoms with van der Waals surface area (Å²) in [6, 6.07) is 6.83. The Balaban J connectivity index is 3.44. The lowest BCUT2D eigenvalue weighted by Gasteiger charge is -2.09. The Morgan fingerprint density at radius 3 is 2.24 bits per heavy atom. The summed E-state index contributed by atoms with van der Waals surface area (Å²) >= 11 is 0. The van der Waals surface area contributed by atoms with Gasteiger partial charge in [0.05, 0.1) is 5.57 Å². The molecule has 0 aromatic heterocycles. The molecule has 1 amide bonds. The van der Waals surface area contributed by atoms with E-state index in [2.05, 4.69) is 6.58 Å². The zero-order valence-electron chi connectivity index (χ0n) is 9.43. The maximum Gasteiger partial charge on any atom is 0.336 e. The van der Waals surface area contributed by atoms with E-state index in [-0.39, 0.29) is 5.57 Å². The summed E-state index contributed by atoms with van der Waals surface area (Å²) in [6.07, 6.45) is 0.907. The minimum absolute atomic E-state index is 0.129. The number of carbonyl (C=O) groups is 2. The molecule has 0 aliphatic heterocycles. The molecule has 0 saturated carbocycles.